The van der Waals surface area contributed by atoms with Crippen LogP contribution in [0, 0.1) is 0 Å². The summed E-state index contributed by atoms with van der Waals surface area (Å²) in [5.74, 6) is 0. The highest BCUT2D eigenvalue weighted by atomic mass is 31.2. The van der Waals surface area contributed by atoms with Gasteiger partial charge in [0.2, 0.25) is 0 Å². The third-order valence-corrected chi connectivity index (χ3v) is 3.43. The van der Waals surface area contributed by atoms with E-state index in [9.17, 15) is 0 Å². The molecule has 3 nitrogen and oxygen atoms in total. The number of hydrogen-bond acceptors (Lipinski definition) is 3. The number of rotatable bonds is 3. The van der Waals surface area contributed by atoms with E-state index in [0.29, 0.717) is 0 Å². The molecule has 0 aliphatic heterocycles. The standard InChI is InChI=1S/C15H25O3P/c1-14(2,3)12-7-11(10-18-19(16)17)8-13(9-12)15(4,5)6/h7-9,16-17H,10H2,1-6H3. The lowest BCUT2D eigenvalue weighted by molar-refractivity contribution is 0.245. The van der Waals surface area contributed by atoms with Crippen LogP contribution in [-0.2, 0) is 22.0 Å². The second-order valence-corrected chi connectivity index (χ2v) is 7.71. The zero-order valence-electron chi connectivity index (χ0n) is 12.7. The first-order chi connectivity index (χ1) is 8.50. The highest BCUT2D eigenvalue weighted by molar-refractivity contribution is 7.39. The molecule has 0 spiro atoms. The molecule has 0 saturated heterocycles. The highest BCUT2D eigenvalue weighted by Gasteiger charge is 2.20. The Kier molecular flexibility index (Phi) is 5.14. The maximum absolute atomic E-state index is 8.87. The molecule has 0 saturated carbocycles. The first-order valence-electron chi connectivity index (χ1n) is 6.46. The third-order valence-electron chi connectivity index (χ3n) is 3.07. The maximum Gasteiger partial charge on any atom is 0.327 e. The van der Waals surface area contributed by atoms with Crippen molar-refractivity contribution in [3.8, 4) is 0 Å². The molecule has 4 heteroatoms. The molecule has 0 unspecified atom stereocenters. The van der Waals surface area contributed by atoms with Gasteiger partial charge in [-0.15, -0.1) is 0 Å². The van der Waals surface area contributed by atoms with Crippen molar-refractivity contribution in [1.29, 1.82) is 0 Å². The molecule has 0 amide bonds. The maximum atomic E-state index is 8.87. The fraction of sp³-hybridized carbons (Fsp3) is 0.600. The van der Waals surface area contributed by atoms with E-state index in [0.717, 1.165) is 5.56 Å². The first-order valence-corrected chi connectivity index (χ1v) is 7.62. The van der Waals surface area contributed by atoms with E-state index in [1.807, 2.05) is 0 Å². The van der Waals surface area contributed by atoms with E-state index in [2.05, 4.69) is 59.7 Å². The second kappa shape index (κ2) is 5.88. The molecule has 2 N–H and O–H groups in total. The Bertz CT molecular complexity index is 396. The molecular formula is C15H25O3P. The summed E-state index contributed by atoms with van der Waals surface area (Å²) in [4.78, 5) is 17.7. The lowest BCUT2D eigenvalue weighted by Gasteiger charge is -2.26. The average Bonchev–Trinajstić information content (AvgIpc) is 2.23. The van der Waals surface area contributed by atoms with Crippen molar-refractivity contribution < 1.29 is 14.3 Å². The van der Waals surface area contributed by atoms with E-state index in [1.165, 1.54) is 11.1 Å². The van der Waals surface area contributed by atoms with Crippen molar-refractivity contribution in [1.82, 2.24) is 0 Å². The molecule has 0 bridgehead atoms. The predicted molar refractivity (Wildman–Crippen MR) is 80.0 cm³/mol. The lowest BCUT2D eigenvalue weighted by Crippen LogP contribution is -2.17. The SMILES string of the molecule is CC(C)(C)c1cc(COP(O)O)cc(C(C)(C)C)c1. The van der Waals surface area contributed by atoms with Crippen molar-refractivity contribution in [3.63, 3.8) is 0 Å². The molecule has 0 radical (unpaired) electrons. The van der Waals surface area contributed by atoms with Gasteiger partial charge in [0.05, 0.1) is 6.61 Å². The van der Waals surface area contributed by atoms with Crippen LogP contribution in [0.2, 0.25) is 0 Å². The van der Waals surface area contributed by atoms with Crippen LogP contribution in [0.3, 0.4) is 0 Å². The Balaban J connectivity index is 3.17. The Morgan fingerprint density at radius 1 is 0.895 bits per heavy atom. The second-order valence-electron chi connectivity index (χ2n) is 6.94. The van der Waals surface area contributed by atoms with Gasteiger partial charge in [-0.1, -0.05) is 59.7 Å². The minimum atomic E-state index is -2.30. The van der Waals surface area contributed by atoms with E-state index in [-0.39, 0.29) is 17.4 Å². The fourth-order valence-corrected chi connectivity index (χ4v) is 2.04. The zero-order chi connectivity index (χ0) is 14.8. The molecule has 0 fully saturated rings. The van der Waals surface area contributed by atoms with Crippen molar-refractivity contribution in [3.05, 3.63) is 34.9 Å². The van der Waals surface area contributed by atoms with Gasteiger partial charge < -0.3 is 14.3 Å². The van der Waals surface area contributed by atoms with Gasteiger partial charge in [-0.05, 0) is 27.5 Å². The summed E-state index contributed by atoms with van der Waals surface area (Å²) < 4.78 is 4.94. The molecule has 19 heavy (non-hydrogen) atoms. The van der Waals surface area contributed by atoms with Crippen LogP contribution in [0.1, 0.15) is 58.2 Å². The lowest BCUT2D eigenvalue weighted by atomic mass is 9.79. The molecule has 1 rings (SSSR count). The fourth-order valence-electron chi connectivity index (χ4n) is 1.77. The van der Waals surface area contributed by atoms with Crippen LogP contribution in [0.4, 0.5) is 0 Å². The Hall–Kier alpha value is -0.470. The van der Waals surface area contributed by atoms with Crippen molar-refractivity contribution in [2.24, 2.45) is 0 Å². The summed E-state index contributed by atoms with van der Waals surface area (Å²) in [6, 6.07) is 6.38. The van der Waals surface area contributed by atoms with Gasteiger partial charge in [-0.3, -0.25) is 0 Å². The van der Waals surface area contributed by atoms with E-state index >= 15 is 0 Å². The molecule has 108 valence electrons. The molecule has 0 aliphatic carbocycles. The smallest absolute Gasteiger partial charge is 0.327 e. The summed E-state index contributed by atoms with van der Waals surface area (Å²) in [5, 5.41) is 0. The van der Waals surface area contributed by atoms with Gasteiger partial charge >= 0.3 is 8.60 Å². The van der Waals surface area contributed by atoms with E-state index < -0.39 is 8.60 Å². The molecule has 1 aromatic carbocycles. The van der Waals surface area contributed by atoms with Crippen molar-refractivity contribution in [2.75, 3.05) is 0 Å². The Morgan fingerprint density at radius 3 is 1.63 bits per heavy atom. The Morgan fingerprint density at radius 2 is 1.32 bits per heavy atom. The summed E-state index contributed by atoms with van der Waals surface area (Å²) >= 11 is 0. The Labute approximate surface area is 117 Å². The van der Waals surface area contributed by atoms with Crippen molar-refractivity contribution >= 4 is 8.60 Å². The average molecular weight is 284 g/mol. The zero-order valence-corrected chi connectivity index (χ0v) is 13.6. The minimum Gasteiger partial charge on any atom is -0.328 e. The predicted octanol–water partition coefficient (Wildman–Crippen LogP) is 4.01. The summed E-state index contributed by atoms with van der Waals surface area (Å²) in [6.07, 6.45) is 0. The topological polar surface area (TPSA) is 49.7 Å². The van der Waals surface area contributed by atoms with Crippen LogP contribution < -0.4 is 0 Å². The quantitative estimate of drug-likeness (QED) is 0.824. The van der Waals surface area contributed by atoms with Gasteiger partial charge in [0.15, 0.2) is 0 Å². The van der Waals surface area contributed by atoms with Gasteiger partial charge in [0.1, 0.15) is 0 Å². The third kappa shape index (κ3) is 5.19. The number of benzene rings is 1. The van der Waals surface area contributed by atoms with E-state index in [1.54, 1.807) is 0 Å². The molecule has 0 aliphatic rings. The molecule has 0 atom stereocenters. The first kappa shape index (κ1) is 16.6. The molecule has 0 aromatic heterocycles. The van der Waals surface area contributed by atoms with Crippen molar-refractivity contribution in [2.45, 2.75) is 59.0 Å². The summed E-state index contributed by atoms with van der Waals surface area (Å²) in [6.45, 7) is 13.3. The molecule has 1 aromatic rings. The van der Waals surface area contributed by atoms with E-state index in [4.69, 9.17) is 14.3 Å². The monoisotopic (exact) mass is 284 g/mol. The van der Waals surface area contributed by atoms with Crippen LogP contribution in [0.5, 0.6) is 0 Å². The summed E-state index contributed by atoms with van der Waals surface area (Å²) in [5.41, 5.74) is 3.56. The number of hydrogen-bond donors (Lipinski definition) is 2. The highest BCUT2D eigenvalue weighted by Crippen LogP contribution is 2.32. The summed E-state index contributed by atoms with van der Waals surface area (Å²) in [7, 11) is -2.30. The van der Waals surface area contributed by atoms with Gasteiger partial charge in [-0.25, -0.2) is 0 Å². The normalized spacial score (nSPS) is 13.1. The van der Waals surface area contributed by atoms with Gasteiger partial charge in [0, 0.05) is 0 Å². The van der Waals surface area contributed by atoms with Gasteiger partial charge in [0.25, 0.3) is 0 Å². The van der Waals surface area contributed by atoms with Crippen LogP contribution >= 0.6 is 8.60 Å². The van der Waals surface area contributed by atoms with Gasteiger partial charge in [-0.2, -0.15) is 0 Å². The van der Waals surface area contributed by atoms with Crippen LogP contribution in [0.15, 0.2) is 18.2 Å². The molecule has 0 heterocycles. The molecular weight excluding hydrogens is 259 g/mol. The van der Waals surface area contributed by atoms with Crippen LogP contribution in [0.25, 0.3) is 0 Å². The largest absolute Gasteiger partial charge is 0.328 e. The minimum absolute atomic E-state index is 0.0547. The van der Waals surface area contributed by atoms with Crippen LogP contribution in [-0.4, -0.2) is 9.79 Å².